The third-order valence-electron chi connectivity index (χ3n) is 5.03. The molecule has 2 rings (SSSR count). The van der Waals surface area contributed by atoms with Crippen molar-refractivity contribution in [3.63, 3.8) is 0 Å². The summed E-state index contributed by atoms with van der Waals surface area (Å²) in [6.07, 6.45) is 4.56. The lowest BCUT2D eigenvalue weighted by atomic mass is 9.85. The van der Waals surface area contributed by atoms with Gasteiger partial charge in [-0.2, -0.15) is 0 Å². The van der Waals surface area contributed by atoms with Crippen LogP contribution in [-0.4, -0.2) is 16.8 Å². The zero-order valence-corrected chi connectivity index (χ0v) is 16.1. The molecule has 0 aromatic heterocycles. The summed E-state index contributed by atoms with van der Waals surface area (Å²) in [5.41, 5.74) is 1.01. The van der Waals surface area contributed by atoms with Crippen LogP contribution in [0.2, 0.25) is 0 Å². The Morgan fingerprint density at radius 2 is 1.77 bits per heavy atom. The van der Waals surface area contributed by atoms with Crippen LogP contribution >= 0.6 is 0 Å². The molecule has 0 bridgehead atoms. The molecule has 1 heterocycles. The lowest BCUT2D eigenvalue weighted by molar-refractivity contribution is -0.123. The smallest absolute Gasteiger partial charge is 0.263 e. The van der Waals surface area contributed by atoms with Gasteiger partial charge < -0.3 is 10.4 Å². The third kappa shape index (κ3) is 4.84. The predicted octanol–water partition coefficient (Wildman–Crippen LogP) is 4.64. The highest BCUT2D eigenvalue weighted by molar-refractivity contribution is 6.23. The normalized spacial score (nSPS) is 19.4. The molecule has 1 aliphatic rings. The summed E-state index contributed by atoms with van der Waals surface area (Å²) in [5.74, 6) is -0.326. The molecule has 4 nitrogen and oxygen atoms in total. The van der Waals surface area contributed by atoms with Crippen LogP contribution in [0.3, 0.4) is 0 Å². The molecule has 0 saturated carbocycles. The van der Waals surface area contributed by atoms with E-state index >= 15 is 0 Å². The van der Waals surface area contributed by atoms with Crippen LogP contribution < -0.4 is 5.32 Å². The Hall–Kier alpha value is -2.36. The van der Waals surface area contributed by atoms with Crippen molar-refractivity contribution >= 4 is 17.8 Å². The van der Waals surface area contributed by atoms with Crippen LogP contribution in [0, 0.1) is 17.8 Å². The zero-order chi connectivity index (χ0) is 19.3. The number of rotatable bonds is 8. The van der Waals surface area contributed by atoms with Crippen molar-refractivity contribution in [2.45, 2.75) is 47.0 Å². The summed E-state index contributed by atoms with van der Waals surface area (Å²) in [5, 5.41) is 13.0. The molecule has 0 radical (unpaired) electrons. The Kier molecular flexibility index (Phi) is 6.78. The number of benzene rings is 1. The van der Waals surface area contributed by atoms with Gasteiger partial charge in [-0.1, -0.05) is 64.4 Å². The molecule has 1 aromatic carbocycles. The highest BCUT2D eigenvalue weighted by atomic mass is 16.3. The van der Waals surface area contributed by atoms with Crippen molar-refractivity contribution in [2.24, 2.45) is 17.8 Å². The van der Waals surface area contributed by atoms with E-state index in [1.54, 1.807) is 6.08 Å². The van der Waals surface area contributed by atoms with Gasteiger partial charge in [0, 0.05) is 5.92 Å². The quantitative estimate of drug-likeness (QED) is 0.668. The number of amides is 1. The molecule has 140 valence electrons. The Morgan fingerprint density at radius 3 is 2.38 bits per heavy atom. The Bertz CT molecular complexity index is 718. The molecule has 4 heteroatoms. The molecule has 1 aliphatic heterocycles. The Labute approximate surface area is 156 Å². The number of hydrogen-bond donors (Lipinski definition) is 2. The van der Waals surface area contributed by atoms with Gasteiger partial charge in [-0.05, 0) is 36.3 Å². The van der Waals surface area contributed by atoms with E-state index in [9.17, 15) is 14.7 Å². The molecule has 3 atom stereocenters. The van der Waals surface area contributed by atoms with Gasteiger partial charge in [0.05, 0.1) is 5.70 Å². The minimum absolute atomic E-state index is 0.115. The number of hydrogen-bond acceptors (Lipinski definition) is 3. The molecular formula is C22H29NO3. The van der Waals surface area contributed by atoms with Crippen molar-refractivity contribution in [1.82, 2.24) is 5.32 Å². The minimum Gasteiger partial charge on any atom is -0.505 e. The van der Waals surface area contributed by atoms with Gasteiger partial charge in [0.25, 0.3) is 5.91 Å². The number of carbonyl (C=O) groups is 2. The van der Waals surface area contributed by atoms with E-state index in [0.717, 1.165) is 18.4 Å². The topological polar surface area (TPSA) is 66.4 Å². The van der Waals surface area contributed by atoms with Crippen LogP contribution in [0.15, 0.2) is 47.4 Å². The standard InChI is InChI=1S/C22H29NO3/c1-5-14(2)11-15(3)12-16(4)20(24)19-21(25)18(23-22(19)26)13-17-9-7-6-8-10-17/h6-10,13-16,25H,5,11-12H2,1-4H3,(H,23,26)/b18-13-/t14-,15+,16-/m0/s1. The Balaban J connectivity index is 2.14. The number of Topliss-reactive ketones (excluding diaryl/α,β-unsaturated/α-hetero) is 1. The highest BCUT2D eigenvalue weighted by Gasteiger charge is 2.34. The predicted molar refractivity (Wildman–Crippen MR) is 104 cm³/mol. The molecule has 1 amide bonds. The summed E-state index contributed by atoms with van der Waals surface area (Å²) in [4.78, 5) is 25.0. The van der Waals surface area contributed by atoms with Gasteiger partial charge in [-0.3, -0.25) is 9.59 Å². The summed E-state index contributed by atoms with van der Waals surface area (Å²) in [6.45, 7) is 8.35. The highest BCUT2D eigenvalue weighted by Crippen LogP contribution is 2.27. The van der Waals surface area contributed by atoms with E-state index in [1.807, 2.05) is 37.3 Å². The van der Waals surface area contributed by atoms with E-state index in [4.69, 9.17) is 0 Å². The van der Waals surface area contributed by atoms with E-state index < -0.39 is 5.91 Å². The van der Waals surface area contributed by atoms with Crippen LogP contribution in [0.4, 0.5) is 0 Å². The summed E-state index contributed by atoms with van der Waals surface area (Å²) >= 11 is 0. The third-order valence-corrected chi connectivity index (χ3v) is 5.03. The van der Waals surface area contributed by atoms with Crippen LogP contribution in [0.25, 0.3) is 6.08 Å². The molecular weight excluding hydrogens is 326 g/mol. The number of nitrogens with one attached hydrogen (secondary N) is 1. The first-order chi connectivity index (χ1) is 12.3. The molecule has 1 aromatic rings. The second-order valence-corrected chi connectivity index (χ2v) is 7.50. The average Bonchev–Trinajstić information content (AvgIpc) is 2.88. The van der Waals surface area contributed by atoms with Crippen molar-refractivity contribution in [3.8, 4) is 0 Å². The molecule has 0 saturated heterocycles. The lowest BCUT2D eigenvalue weighted by Gasteiger charge is -2.19. The maximum Gasteiger partial charge on any atom is 0.263 e. The first kappa shape index (κ1) is 20.0. The average molecular weight is 355 g/mol. The first-order valence-corrected chi connectivity index (χ1v) is 9.39. The SMILES string of the molecule is CC[C@H](C)C[C@@H](C)C[C@H](C)C(=O)C1=C(O)/C(=C/c2ccccc2)NC1=O. The largest absolute Gasteiger partial charge is 0.505 e. The van der Waals surface area contributed by atoms with Crippen molar-refractivity contribution in [3.05, 3.63) is 52.9 Å². The van der Waals surface area contributed by atoms with Crippen LogP contribution in [0.5, 0.6) is 0 Å². The van der Waals surface area contributed by atoms with Gasteiger partial charge in [0.2, 0.25) is 0 Å². The molecule has 26 heavy (non-hydrogen) atoms. The minimum atomic E-state index is -0.517. The van der Waals surface area contributed by atoms with Gasteiger partial charge in [-0.25, -0.2) is 0 Å². The summed E-state index contributed by atoms with van der Waals surface area (Å²) < 4.78 is 0. The zero-order valence-electron chi connectivity index (χ0n) is 16.1. The fraction of sp³-hybridized carbons (Fsp3) is 0.455. The summed E-state index contributed by atoms with van der Waals surface area (Å²) in [7, 11) is 0. The fourth-order valence-corrected chi connectivity index (χ4v) is 3.44. The number of aliphatic hydroxyl groups excluding tert-OH is 1. The van der Waals surface area contributed by atoms with E-state index in [2.05, 4.69) is 26.1 Å². The van der Waals surface area contributed by atoms with E-state index in [-0.39, 0.29) is 28.7 Å². The van der Waals surface area contributed by atoms with Crippen molar-refractivity contribution < 1.29 is 14.7 Å². The maximum atomic E-state index is 12.7. The van der Waals surface area contributed by atoms with Crippen molar-refractivity contribution in [2.75, 3.05) is 0 Å². The van der Waals surface area contributed by atoms with Crippen LogP contribution in [-0.2, 0) is 9.59 Å². The van der Waals surface area contributed by atoms with E-state index in [0.29, 0.717) is 18.3 Å². The maximum absolute atomic E-state index is 12.7. The van der Waals surface area contributed by atoms with Crippen molar-refractivity contribution in [1.29, 1.82) is 0 Å². The van der Waals surface area contributed by atoms with Gasteiger partial charge in [-0.15, -0.1) is 0 Å². The molecule has 0 aliphatic carbocycles. The van der Waals surface area contributed by atoms with E-state index in [1.165, 1.54) is 0 Å². The molecule has 2 N–H and O–H groups in total. The van der Waals surface area contributed by atoms with Gasteiger partial charge >= 0.3 is 0 Å². The van der Waals surface area contributed by atoms with Gasteiger partial charge in [0.15, 0.2) is 11.5 Å². The number of ketones is 1. The molecule has 0 spiro atoms. The summed E-state index contributed by atoms with van der Waals surface area (Å²) in [6, 6.07) is 9.37. The fourth-order valence-electron chi connectivity index (χ4n) is 3.44. The second kappa shape index (κ2) is 8.84. The van der Waals surface area contributed by atoms with Gasteiger partial charge in [0.1, 0.15) is 5.57 Å². The Morgan fingerprint density at radius 1 is 1.12 bits per heavy atom. The monoisotopic (exact) mass is 355 g/mol. The van der Waals surface area contributed by atoms with Crippen LogP contribution in [0.1, 0.15) is 52.5 Å². The molecule has 0 unspecified atom stereocenters. The lowest BCUT2D eigenvalue weighted by Crippen LogP contribution is -2.25. The first-order valence-electron chi connectivity index (χ1n) is 9.39. The number of carbonyl (C=O) groups excluding carboxylic acids is 2. The number of aliphatic hydroxyl groups is 1. The second-order valence-electron chi connectivity index (χ2n) is 7.50. The molecule has 0 fully saturated rings.